The van der Waals surface area contributed by atoms with E-state index in [9.17, 15) is 9.59 Å². The van der Waals surface area contributed by atoms with Crippen LogP contribution in [0.25, 0.3) is 0 Å². The monoisotopic (exact) mass is 175 g/mol. The number of rotatable bonds is 3. The molecule has 0 aromatic carbocycles. The van der Waals surface area contributed by atoms with Crippen LogP contribution in [0.15, 0.2) is 0 Å². The molecule has 0 aliphatic heterocycles. The third-order valence-electron chi connectivity index (χ3n) is 1.27. The summed E-state index contributed by atoms with van der Waals surface area (Å²) in [7, 11) is 2.81. The first-order valence-electron chi connectivity index (χ1n) is 3.48. The smallest absolute Gasteiger partial charge is 0.303 e. The average Bonchev–Trinajstić information content (AvgIpc) is 2.00. The number of ether oxygens (including phenoxy) is 1. The molecule has 5 nitrogen and oxygen atoms in total. The normalized spacial score (nSPS) is 12.0. The Morgan fingerprint density at radius 1 is 1.42 bits per heavy atom. The first-order chi connectivity index (χ1) is 5.49. The molecule has 0 aliphatic rings. The molecule has 12 heavy (non-hydrogen) atoms. The van der Waals surface area contributed by atoms with E-state index in [1.807, 2.05) is 0 Å². The van der Waals surface area contributed by atoms with Gasteiger partial charge in [0.15, 0.2) is 6.10 Å². The Hall–Kier alpha value is -1.10. The SMILES string of the molecule is CON(C)C(=O)C(C)OC(C)=O. The van der Waals surface area contributed by atoms with Crippen LogP contribution in [0.4, 0.5) is 0 Å². The standard InChI is InChI=1S/C7H13NO4/c1-5(12-6(2)9)7(10)8(3)11-4/h5H,1-4H3. The van der Waals surface area contributed by atoms with Gasteiger partial charge in [-0.2, -0.15) is 0 Å². The summed E-state index contributed by atoms with van der Waals surface area (Å²) in [6.45, 7) is 2.73. The molecule has 0 aromatic heterocycles. The Balaban J connectivity index is 4.01. The van der Waals surface area contributed by atoms with Crippen molar-refractivity contribution in [2.45, 2.75) is 20.0 Å². The van der Waals surface area contributed by atoms with Crippen LogP contribution in [-0.4, -0.2) is 37.2 Å². The van der Waals surface area contributed by atoms with E-state index in [1.54, 1.807) is 0 Å². The van der Waals surface area contributed by atoms with E-state index >= 15 is 0 Å². The van der Waals surface area contributed by atoms with Crippen molar-refractivity contribution in [2.75, 3.05) is 14.2 Å². The lowest BCUT2D eigenvalue weighted by molar-refractivity contribution is -0.182. The second-order valence-corrected chi connectivity index (χ2v) is 2.27. The number of nitrogens with zero attached hydrogens (tertiary/aromatic N) is 1. The molecule has 0 saturated carbocycles. The van der Waals surface area contributed by atoms with E-state index in [-0.39, 0.29) is 0 Å². The molecule has 1 unspecified atom stereocenters. The molecular formula is C7H13NO4. The highest BCUT2D eigenvalue weighted by atomic mass is 16.7. The molecule has 0 fully saturated rings. The fourth-order valence-corrected chi connectivity index (χ4v) is 0.645. The van der Waals surface area contributed by atoms with Gasteiger partial charge in [0.05, 0.1) is 7.11 Å². The predicted octanol–water partition coefficient (Wildman–Crippen LogP) is -0.0422. The summed E-state index contributed by atoms with van der Waals surface area (Å²) in [5, 5.41) is 1.01. The van der Waals surface area contributed by atoms with Gasteiger partial charge < -0.3 is 4.74 Å². The maximum Gasteiger partial charge on any atom is 0.303 e. The summed E-state index contributed by atoms with van der Waals surface area (Å²) in [5.41, 5.74) is 0. The second kappa shape index (κ2) is 4.71. The number of amides is 1. The average molecular weight is 175 g/mol. The van der Waals surface area contributed by atoms with Crippen LogP contribution in [0, 0.1) is 0 Å². The van der Waals surface area contributed by atoms with E-state index in [2.05, 4.69) is 9.57 Å². The van der Waals surface area contributed by atoms with Crippen LogP contribution in [-0.2, 0) is 19.2 Å². The third kappa shape index (κ3) is 3.34. The summed E-state index contributed by atoms with van der Waals surface area (Å²) in [6.07, 6.45) is -0.799. The van der Waals surface area contributed by atoms with E-state index in [0.717, 1.165) is 5.06 Å². The minimum absolute atomic E-state index is 0.396. The Labute approximate surface area is 71.2 Å². The van der Waals surface area contributed by atoms with Crippen molar-refractivity contribution in [3.63, 3.8) is 0 Å². The quantitative estimate of drug-likeness (QED) is 0.446. The Morgan fingerprint density at radius 3 is 2.25 bits per heavy atom. The van der Waals surface area contributed by atoms with Crippen molar-refractivity contribution >= 4 is 11.9 Å². The molecule has 0 heterocycles. The summed E-state index contributed by atoms with van der Waals surface area (Å²) in [4.78, 5) is 26.2. The highest BCUT2D eigenvalue weighted by Crippen LogP contribution is 1.97. The number of hydrogen-bond acceptors (Lipinski definition) is 4. The van der Waals surface area contributed by atoms with Gasteiger partial charge in [-0.1, -0.05) is 0 Å². The zero-order valence-electron chi connectivity index (χ0n) is 7.66. The maximum absolute atomic E-state index is 11.1. The summed E-state index contributed by atoms with van der Waals surface area (Å²) in [5.74, 6) is -0.881. The van der Waals surface area contributed by atoms with Gasteiger partial charge in [-0.05, 0) is 6.92 Å². The third-order valence-corrected chi connectivity index (χ3v) is 1.27. The lowest BCUT2D eigenvalue weighted by Gasteiger charge is -2.17. The van der Waals surface area contributed by atoms with Gasteiger partial charge in [-0.3, -0.25) is 14.4 Å². The minimum atomic E-state index is -0.799. The van der Waals surface area contributed by atoms with Crippen molar-refractivity contribution in [1.82, 2.24) is 5.06 Å². The van der Waals surface area contributed by atoms with Crippen molar-refractivity contribution in [1.29, 1.82) is 0 Å². The van der Waals surface area contributed by atoms with Crippen molar-refractivity contribution in [3.05, 3.63) is 0 Å². The Morgan fingerprint density at radius 2 is 1.92 bits per heavy atom. The van der Waals surface area contributed by atoms with E-state index in [0.29, 0.717) is 0 Å². The van der Waals surface area contributed by atoms with Gasteiger partial charge in [0, 0.05) is 14.0 Å². The number of hydroxylamine groups is 2. The number of hydrogen-bond donors (Lipinski definition) is 0. The van der Waals surface area contributed by atoms with Crippen LogP contribution in [0.5, 0.6) is 0 Å². The van der Waals surface area contributed by atoms with Crippen molar-refractivity contribution < 1.29 is 19.2 Å². The molecule has 0 bridgehead atoms. The van der Waals surface area contributed by atoms with Gasteiger partial charge >= 0.3 is 5.97 Å². The van der Waals surface area contributed by atoms with Crippen molar-refractivity contribution in [3.8, 4) is 0 Å². The second-order valence-electron chi connectivity index (χ2n) is 2.27. The van der Waals surface area contributed by atoms with E-state index < -0.39 is 18.0 Å². The molecule has 0 spiro atoms. The van der Waals surface area contributed by atoms with Gasteiger partial charge in [0.1, 0.15) is 0 Å². The highest BCUT2D eigenvalue weighted by molar-refractivity contribution is 5.81. The zero-order chi connectivity index (χ0) is 9.72. The first-order valence-corrected chi connectivity index (χ1v) is 3.48. The topological polar surface area (TPSA) is 55.8 Å². The van der Waals surface area contributed by atoms with Crippen LogP contribution >= 0.6 is 0 Å². The molecular weight excluding hydrogens is 162 g/mol. The molecule has 0 saturated heterocycles. The summed E-state index contributed by atoms with van der Waals surface area (Å²) >= 11 is 0. The predicted molar refractivity (Wildman–Crippen MR) is 41.0 cm³/mol. The molecule has 0 aromatic rings. The zero-order valence-corrected chi connectivity index (χ0v) is 7.66. The fraction of sp³-hybridized carbons (Fsp3) is 0.714. The van der Waals surface area contributed by atoms with Crippen LogP contribution in [0.3, 0.4) is 0 Å². The molecule has 70 valence electrons. The first kappa shape index (κ1) is 10.9. The Kier molecular flexibility index (Phi) is 4.28. The molecule has 0 radical (unpaired) electrons. The number of carbonyl (C=O) groups is 2. The summed E-state index contributed by atoms with van der Waals surface area (Å²) in [6, 6.07) is 0. The van der Waals surface area contributed by atoms with E-state index in [1.165, 1.54) is 28.0 Å². The molecule has 1 amide bonds. The molecule has 0 rings (SSSR count). The molecule has 0 N–H and O–H groups in total. The number of carbonyl (C=O) groups excluding carboxylic acids is 2. The molecule has 5 heteroatoms. The van der Waals surface area contributed by atoms with Gasteiger partial charge in [-0.25, -0.2) is 5.06 Å². The van der Waals surface area contributed by atoms with Crippen LogP contribution in [0.1, 0.15) is 13.8 Å². The number of esters is 1. The maximum atomic E-state index is 11.1. The van der Waals surface area contributed by atoms with Crippen molar-refractivity contribution in [2.24, 2.45) is 0 Å². The molecule has 0 aliphatic carbocycles. The fourth-order valence-electron chi connectivity index (χ4n) is 0.645. The largest absolute Gasteiger partial charge is 0.453 e. The minimum Gasteiger partial charge on any atom is -0.453 e. The van der Waals surface area contributed by atoms with Gasteiger partial charge in [-0.15, -0.1) is 0 Å². The van der Waals surface area contributed by atoms with Gasteiger partial charge in [0.25, 0.3) is 5.91 Å². The lowest BCUT2D eigenvalue weighted by atomic mass is 10.4. The van der Waals surface area contributed by atoms with Crippen LogP contribution < -0.4 is 0 Å². The molecule has 1 atom stereocenters. The van der Waals surface area contributed by atoms with Crippen LogP contribution in [0.2, 0.25) is 0 Å². The van der Waals surface area contributed by atoms with Gasteiger partial charge in [0.2, 0.25) is 0 Å². The summed E-state index contributed by atoms with van der Waals surface area (Å²) < 4.78 is 4.62. The lowest BCUT2D eigenvalue weighted by Crippen LogP contribution is -2.36. The van der Waals surface area contributed by atoms with E-state index in [4.69, 9.17) is 0 Å². The Bertz CT molecular complexity index is 180. The highest BCUT2D eigenvalue weighted by Gasteiger charge is 2.19. The number of likely N-dealkylation sites (N-methyl/N-ethyl adjacent to an activating group) is 1.